The van der Waals surface area contributed by atoms with Crippen molar-refractivity contribution in [2.24, 2.45) is 0 Å². The number of carbonyl (C=O) groups excluding carboxylic acids is 1. The number of nitrogens with one attached hydrogen (secondary N) is 1. The molecule has 3 nitrogen and oxygen atoms in total. The normalized spacial score (nSPS) is 14.7. The summed E-state index contributed by atoms with van der Waals surface area (Å²) in [6.45, 7) is 0.641. The van der Waals surface area contributed by atoms with Crippen molar-refractivity contribution < 1.29 is 9.53 Å². The Labute approximate surface area is 178 Å². The molecule has 144 valence electrons. The lowest BCUT2D eigenvalue weighted by Gasteiger charge is -2.21. The van der Waals surface area contributed by atoms with E-state index in [2.05, 4.69) is 17.4 Å². The van der Waals surface area contributed by atoms with E-state index in [1.165, 1.54) is 23.5 Å². The molecule has 1 saturated heterocycles. The van der Waals surface area contributed by atoms with Gasteiger partial charge in [-0.1, -0.05) is 23.7 Å². The number of benzene rings is 2. The molecular formula is C20H22ClNO2S3. The molecule has 0 radical (unpaired) electrons. The Morgan fingerprint density at radius 1 is 1.11 bits per heavy atom. The minimum Gasteiger partial charge on any atom is -0.484 e. The first-order valence-electron chi connectivity index (χ1n) is 8.82. The van der Waals surface area contributed by atoms with Gasteiger partial charge in [-0.2, -0.15) is 0 Å². The Morgan fingerprint density at radius 3 is 2.52 bits per heavy atom. The highest BCUT2D eigenvalue weighted by Gasteiger charge is 2.16. The van der Waals surface area contributed by atoms with Gasteiger partial charge in [0.1, 0.15) is 5.75 Å². The summed E-state index contributed by atoms with van der Waals surface area (Å²) in [6, 6.07) is 15.8. The third kappa shape index (κ3) is 7.18. The number of ether oxygens (including phenoxy) is 1. The van der Waals surface area contributed by atoms with Crippen LogP contribution in [0.3, 0.4) is 0 Å². The predicted molar refractivity (Wildman–Crippen MR) is 119 cm³/mol. The zero-order valence-corrected chi connectivity index (χ0v) is 18.1. The molecular weight excluding hydrogens is 418 g/mol. The van der Waals surface area contributed by atoms with E-state index in [0.29, 0.717) is 11.1 Å². The highest BCUT2D eigenvalue weighted by molar-refractivity contribution is 8.16. The number of halogens is 1. The number of amides is 1. The van der Waals surface area contributed by atoms with E-state index in [4.69, 9.17) is 16.3 Å². The van der Waals surface area contributed by atoms with Crippen molar-refractivity contribution in [2.75, 3.05) is 30.4 Å². The van der Waals surface area contributed by atoms with Crippen molar-refractivity contribution in [3.05, 3.63) is 59.1 Å². The van der Waals surface area contributed by atoms with Crippen LogP contribution in [-0.4, -0.2) is 36.3 Å². The zero-order valence-electron chi connectivity index (χ0n) is 14.9. The highest BCUT2D eigenvalue weighted by atomic mass is 35.5. The van der Waals surface area contributed by atoms with E-state index in [0.717, 1.165) is 21.4 Å². The van der Waals surface area contributed by atoms with E-state index in [-0.39, 0.29) is 12.5 Å². The topological polar surface area (TPSA) is 38.3 Å². The summed E-state index contributed by atoms with van der Waals surface area (Å²) in [7, 11) is 0. The maximum atomic E-state index is 11.9. The van der Waals surface area contributed by atoms with Gasteiger partial charge in [0, 0.05) is 22.2 Å². The van der Waals surface area contributed by atoms with Gasteiger partial charge in [0.05, 0.1) is 4.58 Å². The lowest BCUT2D eigenvalue weighted by atomic mass is 10.2. The van der Waals surface area contributed by atoms with Crippen molar-refractivity contribution in [1.29, 1.82) is 0 Å². The van der Waals surface area contributed by atoms with Crippen LogP contribution in [0.1, 0.15) is 16.6 Å². The maximum Gasteiger partial charge on any atom is 0.257 e. The van der Waals surface area contributed by atoms with Crippen LogP contribution in [-0.2, 0) is 4.79 Å². The van der Waals surface area contributed by atoms with Gasteiger partial charge < -0.3 is 10.1 Å². The van der Waals surface area contributed by atoms with Crippen LogP contribution in [0.25, 0.3) is 0 Å². The fourth-order valence-corrected chi connectivity index (χ4v) is 6.28. The van der Waals surface area contributed by atoms with Crippen LogP contribution < -0.4 is 10.1 Å². The summed E-state index contributed by atoms with van der Waals surface area (Å²) in [4.78, 5) is 13.1. The zero-order chi connectivity index (χ0) is 18.9. The molecule has 1 fully saturated rings. The van der Waals surface area contributed by atoms with Gasteiger partial charge in [0.25, 0.3) is 5.91 Å². The largest absolute Gasteiger partial charge is 0.484 e. The molecule has 3 rings (SSSR count). The second-order valence-corrected chi connectivity index (χ2v) is 10.3. The van der Waals surface area contributed by atoms with Crippen LogP contribution >= 0.6 is 46.9 Å². The number of thioether (sulfide) groups is 3. The Bertz CT molecular complexity index is 719. The first kappa shape index (κ1) is 20.8. The number of carbonyl (C=O) groups is 1. The van der Waals surface area contributed by atoms with E-state index in [9.17, 15) is 4.79 Å². The first-order valence-corrected chi connectivity index (χ1v) is 12.3. The summed E-state index contributed by atoms with van der Waals surface area (Å²) in [5, 5.41) is 3.61. The Kier molecular flexibility index (Phi) is 8.58. The molecule has 1 amide bonds. The molecule has 2 aromatic carbocycles. The number of rotatable bonds is 8. The van der Waals surface area contributed by atoms with Gasteiger partial charge in [-0.15, -0.1) is 35.3 Å². The van der Waals surface area contributed by atoms with Crippen molar-refractivity contribution in [3.63, 3.8) is 0 Å². The standard InChI is InChI=1S/C20H22ClNO2S3/c21-16-4-8-18(9-5-16)25-13-10-22-19(23)14-24-17-6-2-15(3-7-17)20-26-11-1-12-27-20/h2-9,20H,1,10-14H2,(H,22,23). The van der Waals surface area contributed by atoms with Crippen LogP contribution in [0, 0.1) is 0 Å². The molecule has 27 heavy (non-hydrogen) atoms. The molecule has 1 heterocycles. The average Bonchev–Trinajstić information content (AvgIpc) is 2.72. The molecule has 2 aromatic rings. The molecule has 1 aliphatic rings. The molecule has 1 aliphatic heterocycles. The summed E-state index contributed by atoms with van der Waals surface area (Å²) in [6.07, 6.45) is 1.29. The lowest BCUT2D eigenvalue weighted by molar-refractivity contribution is -0.122. The first-order chi connectivity index (χ1) is 13.2. The van der Waals surface area contributed by atoms with Crippen molar-refractivity contribution in [1.82, 2.24) is 5.32 Å². The fourth-order valence-electron chi connectivity index (χ4n) is 2.49. The molecule has 1 N–H and O–H groups in total. The third-order valence-corrected chi connectivity index (χ3v) is 8.14. The maximum absolute atomic E-state index is 11.9. The van der Waals surface area contributed by atoms with Gasteiger partial charge in [0.2, 0.25) is 0 Å². The quantitative estimate of drug-likeness (QED) is 0.434. The molecule has 0 spiro atoms. The van der Waals surface area contributed by atoms with E-state index >= 15 is 0 Å². The summed E-state index contributed by atoms with van der Waals surface area (Å²) in [5.74, 6) is 3.89. The molecule has 0 atom stereocenters. The lowest BCUT2D eigenvalue weighted by Crippen LogP contribution is -2.30. The molecule has 0 unspecified atom stereocenters. The molecule has 0 aliphatic carbocycles. The Balaban J connectivity index is 1.33. The summed E-state index contributed by atoms with van der Waals surface area (Å²) in [5.41, 5.74) is 1.32. The van der Waals surface area contributed by atoms with Gasteiger partial charge in [-0.25, -0.2) is 0 Å². The van der Waals surface area contributed by atoms with E-state index < -0.39 is 0 Å². The van der Waals surface area contributed by atoms with Crippen LogP contribution in [0.5, 0.6) is 5.75 Å². The van der Waals surface area contributed by atoms with Gasteiger partial charge in [0.15, 0.2) is 6.61 Å². The van der Waals surface area contributed by atoms with Gasteiger partial charge >= 0.3 is 0 Å². The minimum atomic E-state index is -0.103. The number of hydrogen-bond acceptors (Lipinski definition) is 5. The SMILES string of the molecule is O=C(COc1ccc(C2SCCCS2)cc1)NCCSc1ccc(Cl)cc1. The van der Waals surface area contributed by atoms with Gasteiger partial charge in [-0.3, -0.25) is 4.79 Å². The van der Waals surface area contributed by atoms with Crippen LogP contribution in [0.2, 0.25) is 5.02 Å². The minimum absolute atomic E-state index is 0.0396. The third-order valence-electron chi connectivity index (χ3n) is 3.86. The smallest absolute Gasteiger partial charge is 0.257 e. The van der Waals surface area contributed by atoms with Crippen molar-refractivity contribution in [3.8, 4) is 5.75 Å². The molecule has 7 heteroatoms. The Morgan fingerprint density at radius 2 is 1.81 bits per heavy atom. The molecule has 0 bridgehead atoms. The van der Waals surface area contributed by atoms with E-state index in [1.807, 2.05) is 59.9 Å². The fraction of sp³-hybridized carbons (Fsp3) is 0.350. The second-order valence-electron chi connectivity index (χ2n) is 5.94. The highest BCUT2D eigenvalue weighted by Crippen LogP contribution is 2.43. The molecule has 0 saturated carbocycles. The van der Waals surface area contributed by atoms with Gasteiger partial charge in [-0.05, 0) is 59.9 Å². The second kappa shape index (κ2) is 11.1. The van der Waals surface area contributed by atoms with Crippen molar-refractivity contribution in [2.45, 2.75) is 15.9 Å². The van der Waals surface area contributed by atoms with Crippen LogP contribution in [0.4, 0.5) is 0 Å². The monoisotopic (exact) mass is 439 g/mol. The predicted octanol–water partition coefficient (Wildman–Crippen LogP) is 5.50. The van der Waals surface area contributed by atoms with E-state index in [1.54, 1.807) is 11.8 Å². The average molecular weight is 440 g/mol. The Hall–Kier alpha value is -0.950. The van der Waals surface area contributed by atoms with Crippen molar-refractivity contribution >= 4 is 52.8 Å². The summed E-state index contributed by atoms with van der Waals surface area (Å²) < 4.78 is 6.11. The summed E-state index contributed by atoms with van der Waals surface area (Å²) >= 11 is 11.5. The van der Waals surface area contributed by atoms with Crippen LogP contribution in [0.15, 0.2) is 53.4 Å². The number of hydrogen-bond donors (Lipinski definition) is 1. The molecule has 0 aromatic heterocycles.